The fraction of sp³-hybridized carbons (Fsp3) is 0.600. The van der Waals surface area contributed by atoms with Gasteiger partial charge in [0.1, 0.15) is 61.4 Å². The van der Waals surface area contributed by atoms with Crippen molar-refractivity contribution in [3.8, 4) is 0 Å². The van der Waals surface area contributed by atoms with Gasteiger partial charge in [-0.3, -0.25) is 37.8 Å². The Labute approximate surface area is 407 Å². The topological polar surface area (TPSA) is 482 Å². The highest BCUT2D eigenvalue weighted by molar-refractivity contribution is 7.66. The zero-order valence-corrected chi connectivity index (χ0v) is 40.9. The number of H-pyrrole nitrogens is 2. The number of hydrogen-bond acceptors (Lipinski definition) is 27. The Balaban J connectivity index is 0.914. The number of aryl methyl sites for hydroxylation is 1. The number of methoxy groups -OCH3 is 2. The maximum atomic E-state index is 13.2. The molecule has 3 aliphatic heterocycles. The summed E-state index contributed by atoms with van der Waals surface area (Å²) in [4.78, 5) is 91.3. The third-order valence-corrected chi connectivity index (χ3v) is 16.0. The number of hydrogen-bond donors (Lipinski definition) is 9. The van der Waals surface area contributed by atoms with Gasteiger partial charge in [0.2, 0.25) is 18.5 Å². The number of aliphatic hydroxyl groups is 3. The molecule has 0 radical (unpaired) electrons. The van der Waals surface area contributed by atoms with E-state index in [-0.39, 0.29) is 47.1 Å². The third kappa shape index (κ3) is 11.7. The second-order valence-electron chi connectivity index (χ2n) is 16.4. The number of aromatic amines is 2. The molecule has 0 spiro atoms. The van der Waals surface area contributed by atoms with Crippen LogP contribution in [0.3, 0.4) is 0 Å². The molecule has 8 rings (SSSR count). The van der Waals surface area contributed by atoms with E-state index in [1.807, 2.05) is 4.98 Å². The van der Waals surface area contributed by atoms with Crippen LogP contribution >= 0.6 is 23.5 Å². The van der Waals surface area contributed by atoms with E-state index < -0.39 is 140 Å². The van der Waals surface area contributed by atoms with Crippen LogP contribution in [0.5, 0.6) is 0 Å². The number of phosphoric ester groups is 2. The highest BCUT2D eigenvalue weighted by Gasteiger charge is 2.51. The normalized spacial score (nSPS) is 30.0. The Bertz CT molecular complexity index is 3120. The van der Waals surface area contributed by atoms with Crippen molar-refractivity contribution in [2.45, 2.75) is 73.9 Å². The van der Waals surface area contributed by atoms with Gasteiger partial charge in [0.15, 0.2) is 23.9 Å². The lowest BCUT2D eigenvalue weighted by Gasteiger charge is -2.27. The largest absolute Gasteiger partial charge is 0.756 e. The summed E-state index contributed by atoms with van der Waals surface area (Å²) in [6, 6.07) is 1.01. The van der Waals surface area contributed by atoms with Crippen LogP contribution in [0, 0.1) is 5.92 Å². The number of nitrogens with one attached hydrogen (secondary N) is 2. The lowest BCUT2D eigenvalue weighted by atomic mass is 9.95. The van der Waals surface area contributed by atoms with Crippen LogP contribution < -0.4 is 37.7 Å². The zero-order valence-electron chi connectivity index (χ0n) is 38.2. The van der Waals surface area contributed by atoms with Gasteiger partial charge in [-0.1, -0.05) is 0 Å². The average molecular weight is 1100 g/mol. The maximum absolute atomic E-state index is 13.2. The van der Waals surface area contributed by atoms with E-state index in [2.05, 4.69) is 33.5 Å². The standard InChI is InChI=1S/C35H49N12O23P3/c1-44-13-47(29-21(44)30(52)43-34(37)42-29)31-22(49)15(5-7-60-2)16(66-31)9-64-71(54,55)69-73(58,59)70-72(56,57)65-10-18-25(26(61-3)33(68-18)46-12-40-20-27(36)38-11-39-28(20)46)63-14-62-8-17-23(50)24(51)32(67-17)45-6-4-19(48)41-35(45)53/h4,6,11-13,15-18,22-26,31-33,49-51H,5,7-10,14H2,1-3H3,(H8-,36,37,38,39,41,42,43,48,52,53,54,55,56,57,58,59)/t15-,16-,17-,18-,22-,23-,24-,25-,26-,31-,32-,33-/m1/s1. The van der Waals surface area contributed by atoms with Crippen molar-refractivity contribution in [2.75, 3.05) is 58.9 Å². The molecule has 3 saturated heterocycles. The summed E-state index contributed by atoms with van der Waals surface area (Å²) in [5, 5.41) is 32.6. The van der Waals surface area contributed by atoms with Gasteiger partial charge < -0.3 is 79.1 Å². The van der Waals surface area contributed by atoms with Crippen LogP contribution in [-0.4, -0.2) is 165 Å². The van der Waals surface area contributed by atoms with E-state index in [1.54, 1.807) is 0 Å². The number of anilines is 2. The fourth-order valence-corrected chi connectivity index (χ4v) is 12.0. The van der Waals surface area contributed by atoms with Crippen molar-refractivity contribution >= 4 is 57.6 Å². The molecule has 3 unspecified atom stereocenters. The molecule has 8 heterocycles. The van der Waals surface area contributed by atoms with Gasteiger partial charge in [-0.25, -0.2) is 37.8 Å². The number of aromatic nitrogens is 10. The van der Waals surface area contributed by atoms with Crippen LogP contribution in [-0.2, 0) is 71.6 Å². The maximum Gasteiger partial charge on any atom is 0.487 e. The van der Waals surface area contributed by atoms with Gasteiger partial charge >= 0.3 is 26.9 Å². The Morgan fingerprint density at radius 3 is 2.26 bits per heavy atom. The summed E-state index contributed by atoms with van der Waals surface area (Å²) < 4.78 is 102. The third-order valence-electron chi connectivity index (χ3n) is 11.8. The van der Waals surface area contributed by atoms with Crippen LogP contribution in [0.2, 0.25) is 0 Å². The van der Waals surface area contributed by atoms with Gasteiger partial charge in [-0.05, 0) is 6.42 Å². The molecule has 402 valence electrons. The molecule has 0 saturated carbocycles. The van der Waals surface area contributed by atoms with Crippen molar-refractivity contribution < 1.29 is 99.1 Å². The molecule has 0 bridgehead atoms. The Morgan fingerprint density at radius 1 is 0.822 bits per heavy atom. The van der Waals surface area contributed by atoms with Crippen molar-refractivity contribution in [3.05, 3.63) is 62.4 Å². The van der Waals surface area contributed by atoms with E-state index in [4.69, 9.17) is 53.7 Å². The predicted octanol–water partition coefficient (Wildman–Crippen LogP) is -4.36. The molecule has 38 heteroatoms. The number of fused-ring (bicyclic) bond motifs is 2. The summed E-state index contributed by atoms with van der Waals surface area (Å²) in [6.07, 6.45) is -10.2. The number of nitrogens with zero attached hydrogens (tertiary/aromatic N) is 8. The molecule has 0 aromatic carbocycles. The van der Waals surface area contributed by atoms with Crippen molar-refractivity contribution in [1.82, 2.24) is 43.6 Å². The smallest absolute Gasteiger partial charge is 0.487 e. The van der Waals surface area contributed by atoms with Crippen molar-refractivity contribution in [2.24, 2.45) is 13.0 Å². The number of phosphoric acid groups is 3. The van der Waals surface area contributed by atoms with E-state index in [1.165, 1.54) is 47.6 Å². The van der Waals surface area contributed by atoms with Gasteiger partial charge in [-0.15, -0.1) is 0 Å². The second kappa shape index (κ2) is 21.8. The van der Waals surface area contributed by atoms with Crippen LogP contribution in [0.4, 0.5) is 11.8 Å². The van der Waals surface area contributed by atoms with Crippen LogP contribution in [0.15, 0.2) is 45.6 Å². The Hall–Kier alpha value is -4.81. The first kappa shape index (κ1) is 54.5. The first-order valence-electron chi connectivity index (χ1n) is 21.4. The molecule has 73 heavy (non-hydrogen) atoms. The molecule has 3 fully saturated rings. The average Bonchev–Trinajstić information content (AvgIpc) is 4.11. The van der Waals surface area contributed by atoms with E-state index in [0.29, 0.717) is 0 Å². The van der Waals surface area contributed by atoms with Gasteiger partial charge in [0.05, 0.1) is 39.3 Å². The monoisotopic (exact) mass is 1100 g/mol. The molecule has 35 nitrogen and oxygen atoms in total. The van der Waals surface area contributed by atoms with Crippen LogP contribution in [0.1, 0.15) is 25.1 Å². The summed E-state index contributed by atoms with van der Waals surface area (Å²) in [5.41, 5.74) is 9.82. The molecule has 5 aromatic rings. The minimum Gasteiger partial charge on any atom is -0.756 e. The van der Waals surface area contributed by atoms with Gasteiger partial charge in [0, 0.05) is 39.0 Å². The fourth-order valence-electron chi connectivity index (χ4n) is 8.49. The molecule has 0 amide bonds. The number of rotatable bonds is 22. The number of ether oxygens (including phenoxy) is 7. The second-order valence-corrected chi connectivity index (χ2v) is 21.0. The lowest BCUT2D eigenvalue weighted by molar-refractivity contribution is -0.646. The summed E-state index contributed by atoms with van der Waals surface area (Å²) in [5.74, 6) is -1.18. The molecular formula is C35H49N12O23P3. The quantitative estimate of drug-likeness (QED) is 0.0137. The van der Waals surface area contributed by atoms with Crippen LogP contribution in [0.25, 0.3) is 22.3 Å². The molecule has 5 aromatic heterocycles. The first-order valence-corrected chi connectivity index (χ1v) is 25.9. The van der Waals surface area contributed by atoms with E-state index >= 15 is 0 Å². The molecular weight excluding hydrogens is 1050 g/mol. The molecule has 15 atom stereocenters. The number of nitrogen functional groups attached to an aromatic ring is 2. The van der Waals surface area contributed by atoms with Crippen molar-refractivity contribution in [3.63, 3.8) is 0 Å². The minimum atomic E-state index is -6.13. The SMILES string of the molecule is COCC[C@H]1[C@@H](O)[C@H](n2c[n+](C)c3c(=O)[nH]c(N)nc32)O[C@@H]1COP(=O)([O-])OP(=O)(O)OP(=O)(O)OC[C@H]1O[C@@H](n2cnc3c(N)ncnc32)[C@H](OC)[C@@H]1OCOC[C@H]1O[C@@H](n2ccc(=O)[nH]c2=O)[C@H](O)[C@@H]1O. The van der Waals surface area contributed by atoms with Crippen molar-refractivity contribution in [1.29, 1.82) is 0 Å². The number of aliphatic hydroxyl groups excluding tert-OH is 3. The lowest BCUT2D eigenvalue weighted by Crippen LogP contribution is -2.39. The summed E-state index contributed by atoms with van der Waals surface area (Å²) in [7, 11) is -13.8. The number of imidazole rings is 2. The Morgan fingerprint density at radius 2 is 1.53 bits per heavy atom. The molecule has 0 aliphatic carbocycles. The first-order chi connectivity index (χ1) is 34.5. The summed E-state index contributed by atoms with van der Waals surface area (Å²) in [6.45, 7) is -3.06. The van der Waals surface area contributed by atoms with E-state index in [9.17, 15) is 58.1 Å². The van der Waals surface area contributed by atoms with E-state index in [0.717, 1.165) is 23.2 Å². The predicted molar refractivity (Wildman–Crippen MR) is 235 cm³/mol. The highest BCUT2D eigenvalue weighted by atomic mass is 31.3. The number of nitrogens with two attached hydrogens (primary N) is 2. The molecule has 11 N–H and O–H groups in total. The molecule has 3 aliphatic rings. The highest BCUT2D eigenvalue weighted by Crippen LogP contribution is 2.66. The zero-order chi connectivity index (χ0) is 52.7. The summed E-state index contributed by atoms with van der Waals surface area (Å²) >= 11 is 0. The van der Waals surface area contributed by atoms with Gasteiger partial charge in [-0.2, -0.15) is 13.9 Å². The Kier molecular flexibility index (Phi) is 16.3. The minimum absolute atomic E-state index is 0.00155. The van der Waals surface area contributed by atoms with Gasteiger partial charge in [0.25, 0.3) is 24.5 Å².